The quantitative estimate of drug-likeness (QED) is 0.161. The topological polar surface area (TPSA) is 213 Å². The van der Waals surface area contributed by atoms with Crippen LogP contribution in [0.4, 0.5) is 9.59 Å². The summed E-state index contributed by atoms with van der Waals surface area (Å²) in [4.78, 5) is 105. The second-order valence-corrected chi connectivity index (χ2v) is 15.3. The van der Waals surface area contributed by atoms with Crippen molar-refractivity contribution >= 4 is 56.7 Å². The van der Waals surface area contributed by atoms with Crippen LogP contribution >= 0.6 is 0 Å². The molecule has 2 amide bonds. The molecule has 57 heavy (non-hydrogen) atoms. The van der Waals surface area contributed by atoms with Crippen LogP contribution in [0.25, 0.3) is 0 Å². The van der Waals surface area contributed by atoms with E-state index in [0.717, 1.165) is 36.4 Å². The van der Waals surface area contributed by atoms with Crippen LogP contribution in [-0.4, -0.2) is 67.4 Å². The fraction of sp³-hybridized carbons (Fsp3) is 0.238. The number of carbonyl (C=O) groups excluding carboxylic acids is 8. The lowest BCUT2D eigenvalue weighted by molar-refractivity contribution is -0.123. The van der Waals surface area contributed by atoms with Crippen LogP contribution in [0.3, 0.4) is 0 Å². The lowest BCUT2D eigenvalue weighted by atomic mass is 9.92. The van der Waals surface area contributed by atoms with Gasteiger partial charge in [-0.25, -0.2) is 18.0 Å². The molecule has 0 aliphatic heterocycles. The molecule has 0 spiro atoms. The average Bonchev–Trinajstić information content (AvgIpc) is 3.63. The molecule has 2 aliphatic carbocycles. The molecule has 0 bridgehead atoms. The normalized spacial score (nSPS) is 16.9. The molecule has 14 nitrogen and oxygen atoms in total. The number of alkyl carbamates (subject to hydrolysis) is 2. The van der Waals surface area contributed by atoms with Crippen LogP contribution in [-0.2, 0) is 42.1 Å². The van der Waals surface area contributed by atoms with Gasteiger partial charge in [0.15, 0.2) is 34.7 Å². The molecule has 2 unspecified atom stereocenters. The van der Waals surface area contributed by atoms with Crippen LogP contribution in [0, 0.1) is 11.8 Å². The minimum atomic E-state index is -4.52. The highest BCUT2D eigenvalue weighted by Crippen LogP contribution is 2.35. The summed E-state index contributed by atoms with van der Waals surface area (Å²) in [6.07, 6.45) is -1.83. The Hall–Kier alpha value is -6.61. The highest BCUT2D eigenvalue weighted by molar-refractivity contribution is 7.91. The molecular formula is C42H36N2O12S. The van der Waals surface area contributed by atoms with Gasteiger partial charge in [0.25, 0.3) is 0 Å². The highest BCUT2D eigenvalue weighted by atomic mass is 32.2. The average molecular weight is 793 g/mol. The molecule has 4 atom stereocenters. The number of rotatable bonds is 14. The third kappa shape index (κ3) is 8.05. The number of ketones is 6. The minimum Gasteiger partial charge on any atom is -0.445 e. The number of amides is 2. The smallest absolute Gasteiger partial charge is 0.408 e. The van der Waals surface area contributed by atoms with Gasteiger partial charge < -0.3 is 20.1 Å². The first-order valence-electron chi connectivity index (χ1n) is 18.0. The Labute approximate surface area is 326 Å². The fourth-order valence-corrected chi connectivity index (χ4v) is 8.01. The van der Waals surface area contributed by atoms with Crippen LogP contribution < -0.4 is 10.6 Å². The van der Waals surface area contributed by atoms with E-state index in [1.165, 1.54) is 0 Å². The molecule has 0 fully saturated rings. The van der Waals surface area contributed by atoms with E-state index in [2.05, 4.69) is 10.6 Å². The van der Waals surface area contributed by atoms with E-state index in [1.807, 2.05) is 0 Å². The Bertz CT molecular complexity index is 2270. The van der Waals surface area contributed by atoms with E-state index in [1.54, 1.807) is 74.5 Å². The summed E-state index contributed by atoms with van der Waals surface area (Å²) in [6.45, 7) is 2.97. The van der Waals surface area contributed by atoms with E-state index in [4.69, 9.17) is 9.47 Å². The number of benzene rings is 4. The zero-order valence-electron chi connectivity index (χ0n) is 30.7. The first kappa shape index (κ1) is 40.1. The molecule has 2 N–H and O–H groups in total. The standard InChI is InChI=1S/C42H36N2O12S/c1-3-31(43-41(51)55-21-23-11-7-5-8-12-23)39(49)33-35(45)27-17-15-25(19-29(27)37(33)47)57(53,54)26-16-18-28-30(20-26)38(48)34(36(28)46)40(50)32(4-2)44-42(52)56-22-24-13-9-6-10-14-24/h5-20,31-34H,3-4,21-22H2,1-2H3,(H,43,51)(H,44,52)/t31-,32-,33?,34?/m0/s1. The van der Waals surface area contributed by atoms with Crippen molar-refractivity contribution < 1.29 is 56.2 Å². The van der Waals surface area contributed by atoms with Crippen LogP contribution in [0.2, 0.25) is 0 Å². The van der Waals surface area contributed by atoms with Gasteiger partial charge in [0.05, 0.1) is 21.9 Å². The number of nitrogens with one attached hydrogen (secondary N) is 2. The third-order valence-electron chi connectivity index (χ3n) is 9.80. The van der Waals surface area contributed by atoms with Crippen molar-refractivity contribution in [3.05, 3.63) is 130 Å². The lowest BCUT2D eigenvalue weighted by Gasteiger charge is -2.18. The van der Waals surface area contributed by atoms with Crippen LogP contribution in [0.1, 0.15) is 79.2 Å². The molecule has 0 radical (unpaired) electrons. The second-order valence-electron chi connectivity index (χ2n) is 13.4. The maximum absolute atomic E-state index is 13.9. The van der Waals surface area contributed by atoms with Gasteiger partial charge in [-0.15, -0.1) is 0 Å². The van der Waals surface area contributed by atoms with Crippen molar-refractivity contribution in [2.75, 3.05) is 0 Å². The SMILES string of the molecule is CC[C@H](NC(=O)OCc1ccccc1)C(=O)C1C(=O)c2ccc(S(=O)(=O)c3ccc4c(c3)C(=O)C(C(=O)[C@H](CC)NC(=O)OCc3ccccc3)C4=O)cc2C1=O. The molecule has 4 aromatic rings. The lowest BCUT2D eigenvalue weighted by Crippen LogP contribution is -2.45. The van der Waals surface area contributed by atoms with E-state index >= 15 is 0 Å². The number of fused-ring (bicyclic) bond motifs is 2. The van der Waals surface area contributed by atoms with Crippen molar-refractivity contribution in [3.8, 4) is 0 Å². The number of sulfone groups is 1. The summed E-state index contributed by atoms with van der Waals surface area (Å²) < 4.78 is 38.1. The van der Waals surface area contributed by atoms with Gasteiger partial charge in [-0.2, -0.15) is 0 Å². The van der Waals surface area contributed by atoms with Gasteiger partial charge in [-0.1, -0.05) is 74.5 Å². The first-order valence-corrected chi connectivity index (χ1v) is 19.5. The van der Waals surface area contributed by atoms with Crippen LogP contribution in [0.15, 0.2) is 107 Å². The molecule has 6 rings (SSSR count). The largest absolute Gasteiger partial charge is 0.445 e. The number of hydrogen-bond donors (Lipinski definition) is 2. The van der Waals surface area contributed by atoms with E-state index < -0.39 is 90.4 Å². The Kier molecular flexibility index (Phi) is 11.7. The summed E-state index contributed by atoms with van der Waals surface area (Å²) >= 11 is 0. The Morgan fingerprint density at radius 2 is 0.895 bits per heavy atom. The maximum atomic E-state index is 13.9. The molecule has 292 valence electrons. The summed E-state index contributed by atoms with van der Waals surface area (Å²) in [7, 11) is -4.52. The fourth-order valence-electron chi connectivity index (χ4n) is 6.70. The second kappa shape index (κ2) is 16.6. The van der Waals surface area contributed by atoms with Gasteiger partial charge in [-0.05, 0) is 60.4 Å². The molecule has 2 aliphatic rings. The summed E-state index contributed by atoms with van der Waals surface area (Å²) in [5, 5.41) is 4.79. The van der Waals surface area contributed by atoms with E-state index in [0.29, 0.717) is 11.1 Å². The van der Waals surface area contributed by atoms with Gasteiger partial charge in [0, 0.05) is 22.3 Å². The predicted molar refractivity (Wildman–Crippen MR) is 200 cm³/mol. The van der Waals surface area contributed by atoms with Gasteiger partial charge in [-0.3, -0.25) is 28.8 Å². The summed E-state index contributed by atoms with van der Waals surface area (Å²) in [5.41, 5.74) is 0.388. The van der Waals surface area contributed by atoms with Gasteiger partial charge >= 0.3 is 12.2 Å². The van der Waals surface area contributed by atoms with Gasteiger partial charge in [0.1, 0.15) is 25.0 Å². The maximum Gasteiger partial charge on any atom is 0.408 e. The molecule has 0 saturated carbocycles. The monoisotopic (exact) mass is 792 g/mol. The number of Topliss-reactive ketones (excluding diaryl/α,β-unsaturated/α-hetero) is 6. The molecule has 0 saturated heterocycles. The molecule has 0 heterocycles. The van der Waals surface area contributed by atoms with Crippen molar-refractivity contribution in [1.82, 2.24) is 10.6 Å². The Balaban J connectivity index is 1.15. The molecular weight excluding hydrogens is 757 g/mol. The molecule has 15 heteroatoms. The van der Waals surface area contributed by atoms with Crippen molar-refractivity contribution in [3.63, 3.8) is 0 Å². The van der Waals surface area contributed by atoms with E-state index in [-0.39, 0.29) is 48.3 Å². The zero-order chi connectivity index (χ0) is 41.0. The van der Waals surface area contributed by atoms with Crippen molar-refractivity contribution in [1.29, 1.82) is 0 Å². The van der Waals surface area contributed by atoms with Crippen LogP contribution in [0.5, 0.6) is 0 Å². The van der Waals surface area contributed by atoms with Gasteiger partial charge in [0.2, 0.25) is 9.84 Å². The highest BCUT2D eigenvalue weighted by Gasteiger charge is 2.48. The number of ether oxygens (including phenoxy) is 2. The third-order valence-corrected chi connectivity index (χ3v) is 11.5. The minimum absolute atomic E-state index is 0.0230. The van der Waals surface area contributed by atoms with Crippen molar-refractivity contribution in [2.45, 2.75) is 61.8 Å². The summed E-state index contributed by atoms with van der Waals surface area (Å²) in [6, 6.07) is 21.3. The predicted octanol–water partition coefficient (Wildman–Crippen LogP) is 5.06. The first-order chi connectivity index (χ1) is 27.3. The molecule has 0 aromatic heterocycles. The summed E-state index contributed by atoms with van der Waals surface area (Å²) in [5.74, 6) is -9.05. The Morgan fingerprint density at radius 3 is 1.25 bits per heavy atom. The zero-order valence-corrected chi connectivity index (χ0v) is 31.5. The van der Waals surface area contributed by atoms with E-state index in [9.17, 15) is 46.8 Å². The Morgan fingerprint density at radius 1 is 0.544 bits per heavy atom. The number of hydrogen-bond acceptors (Lipinski definition) is 12. The molecule has 4 aromatic carbocycles. The number of carbonyl (C=O) groups is 8. The van der Waals surface area contributed by atoms with Crippen molar-refractivity contribution in [2.24, 2.45) is 11.8 Å².